The van der Waals surface area contributed by atoms with Crippen molar-refractivity contribution >= 4 is 34.4 Å². The normalized spacial score (nSPS) is 17.5. The van der Waals surface area contributed by atoms with Crippen LogP contribution in [0.3, 0.4) is 0 Å². The van der Waals surface area contributed by atoms with Crippen LogP contribution in [0.15, 0.2) is 54.6 Å². The number of hydroxylamine groups is 1. The number of amides is 2. The number of hydrogen-bond acceptors (Lipinski definition) is 7. The minimum absolute atomic E-state index is 0.0312. The fraction of sp³-hybridized carbons (Fsp3) is 0.308. The number of nitrogens with one attached hydrogen (secondary N) is 3. The molecule has 12 heteroatoms. The summed E-state index contributed by atoms with van der Waals surface area (Å²) in [6.07, 6.45) is -4.99. The van der Waals surface area contributed by atoms with Crippen LogP contribution in [-0.4, -0.2) is 42.0 Å². The minimum Gasteiger partial charge on any atom is -0.489 e. The molecule has 2 amide bonds. The van der Waals surface area contributed by atoms with Crippen LogP contribution in [-0.2, 0) is 25.8 Å². The van der Waals surface area contributed by atoms with E-state index in [-0.39, 0.29) is 13.0 Å². The third-order valence-electron chi connectivity index (χ3n) is 6.08. The topological polar surface area (TPSA) is 119 Å². The first-order chi connectivity index (χ1) is 18.1. The van der Waals surface area contributed by atoms with E-state index in [1.165, 1.54) is 5.48 Å². The molecule has 1 fully saturated rings. The first kappa shape index (κ1) is 26.9. The van der Waals surface area contributed by atoms with Crippen LogP contribution in [0.4, 0.5) is 18.9 Å². The summed E-state index contributed by atoms with van der Waals surface area (Å²) in [6.45, 7) is 2.70. The summed E-state index contributed by atoms with van der Waals surface area (Å²) in [6, 6.07) is 16.4. The van der Waals surface area contributed by atoms with Crippen molar-refractivity contribution in [1.82, 2.24) is 15.8 Å². The molecule has 1 unspecified atom stereocenters. The second kappa shape index (κ2) is 11.5. The number of halogens is 3. The average Bonchev–Trinajstić information content (AvgIpc) is 2.90. The van der Waals surface area contributed by atoms with Crippen molar-refractivity contribution in [2.75, 3.05) is 18.4 Å². The summed E-state index contributed by atoms with van der Waals surface area (Å²) in [5.41, 5.74) is 4.71. The maximum Gasteiger partial charge on any atom is 0.493 e. The van der Waals surface area contributed by atoms with Crippen molar-refractivity contribution in [2.24, 2.45) is 11.8 Å². The molecule has 0 saturated carbocycles. The van der Waals surface area contributed by atoms with E-state index in [4.69, 9.17) is 4.74 Å². The number of benzene rings is 2. The SMILES string of the molecule is Cc1cc(COc2ccc(NC(=O)C3CCNC[C@@H]3C(=O)NOC(=O)C(F)(F)F)cc2)c2ccccc2n1. The number of aromatic nitrogens is 1. The Morgan fingerprint density at radius 1 is 1.05 bits per heavy atom. The molecular weight excluding hydrogens is 505 g/mol. The Bertz CT molecular complexity index is 1330. The molecule has 2 aromatic carbocycles. The number of ether oxygens (including phenoxy) is 1. The molecule has 0 bridgehead atoms. The number of para-hydroxylation sites is 1. The molecule has 1 saturated heterocycles. The number of hydrogen-bond donors (Lipinski definition) is 3. The van der Waals surface area contributed by atoms with Gasteiger partial charge in [0, 0.05) is 28.9 Å². The van der Waals surface area contributed by atoms with Crippen molar-refractivity contribution < 1.29 is 37.1 Å². The molecule has 38 heavy (non-hydrogen) atoms. The maximum atomic E-state index is 12.9. The largest absolute Gasteiger partial charge is 0.493 e. The number of pyridine rings is 1. The number of anilines is 1. The average molecular weight is 531 g/mol. The number of carbonyl (C=O) groups excluding carboxylic acids is 3. The van der Waals surface area contributed by atoms with Crippen LogP contribution in [0.5, 0.6) is 5.75 Å². The molecule has 9 nitrogen and oxygen atoms in total. The molecular formula is C26H25F3N4O5. The monoisotopic (exact) mass is 530 g/mol. The lowest BCUT2D eigenvalue weighted by Gasteiger charge is -2.29. The summed E-state index contributed by atoms with van der Waals surface area (Å²) >= 11 is 0. The predicted molar refractivity (Wildman–Crippen MR) is 131 cm³/mol. The smallest absolute Gasteiger partial charge is 0.489 e. The molecule has 1 aromatic heterocycles. The number of carbonyl (C=O) groups is 3. The molecule has 200 valence electrons. The molecule has 1 aliphatic heterocycles. The maximum absolute atomic E-state index is 12.9. The Balaban J connectivity index is 1.35. The summed E-state index contributed by atoms with van der Waals surface area (Å²) in [7, 11) is 0. The van der Waals surface area contributed by atoms with Crippen LogP contribution in [0, 0.1) is 18.8 Å². The Hall–Kier alpha value is -4.19. The fourth-order valence-electron chi connectivity index (χ4n) is 4.22. The Labute approximate surface area is 215 Å². The highest BCUT2D eigenvalue weighted by atomic mass is 19.4. The highest BCUT2D eigenvalue weighted by Gasteiger charge is 2.43. The van der Waals surface area contributed by atoms with Gasteiger partial charge in [-0.15, -0.1) is 0 Å². The Kier molecular flexibility index (Phi) is 8.10. The minimum atomic E-state index is -5.25. The van der Waals surface area contributed by atoms with E-state index in [9.17, 15) is 27.6 Å². The molecule has 3 N–H and O–H groups in total. The van der Waals surface area contributed by atoms with E-state index in [0.29, 0.717) is 24.6 Å². The lowest BCUT2D eigenvalue weighted by atomic mass is 9.85. The van der Waals surface area contributed by atoms with Crippen molar-refractivity contribution in [3.63, 3.8) is 0 Å². The lowest BCUT2D eigenvalue weighted by Crippen LogP contribution is -2.50. The Morgan fingerprint density at radius 3 is 2.53 bits per heavy atom. The number of aryl methyl sites for hydroxylation is 1. The zero-order chi connectivity index (χ0) is 27.3. The predicted octanol–water partition coefficient (Wildman–Crippen LogP) is 3.42. The number of fused-ring (bicyclic) bond motifs is 1. The zero-order valence-corrected chi connectivity index (χ0v) is 20.3. The summed E-state index contributed by atoms with van der Waals surface area (Å²) < 4.78 is 42.9. The number of rotatable bonds is 6. The van der Waals surface area contributed by atoms with E-state index < -0.39 is 35.8 Å². The van der Waals surface area contributed by atoms with Gasteiger partial charge in [0.05, 0.1) is 17.4 Å². The van der Waals surface area contributed by atoms with Gasteiger partial charge >= 0.3 is 12.1 Å². The van der Waals surface area contributed by atoms with Gasteiger partial charge in [-0.05, 0) is 56.3 Å². The van der Waals surface area contributed by atoms with Crippen LogP contribution >= 0.6 is 0 Å². The molecule has 1 aliphatic rings. The third-order valence-corrected chi connectivity index (χ3v) is 6.08. The van der Waals surface area contributed by atoms with Crippen molar-refractivity contribution in [3.8, 4) is 5.75 Å². The van der Waals surface area contributed by atoms with Gasteiger partial charge in [0.2, 0.25) is 5.91 Å². The second-order valence-corrected chi connectivity index (χ2v) is 8.80. The molecule has 2 heterocycles. The van der Waals surface area contributed by atoms with Gasteiger partial charge in [0.15, 0.2) is 0 Å². The standard InChI is InChI=1S/C26H25F3N4O5/c1-15-12-16(19-4-2-3-5-22(19)31-15)14-37-18-8-6-17(7-9-18)32-23(34)20-10-11-30-13-21(20)24(35)33-38-25(36)26(27,28)29/h2-9,12,20-21,30H,10-11,13-14H2,1H3,(H,32,34)(H,33,35)/t20?,21-/m0/s1. The van der Waals surface area contributed by atoms with Crippen molar-refractivity contribution in [3.05, 3.63) is 65.9 Å². The highest BCUT2D eigenvalue weighted by molar-refractivity contribution is 5.96. The van der Waals surface area contributed by atoms with E-state index in [1.54, 1.807) is 24.3 Å². The summed E-state index contributed by atoms with van der Waals surface area (Å²) in [5, 5.41) is 6.62. The van der Waals surface area contributed by atoms with Crippen LogP contribution in [0.25, 0.3) is 10.9 Å². The Morgan fingerprint density at radius 2 is 1.79 bits per heavy atom. The highest BCUT2D eigenvalue weighted by Crippen LogP contribution is 2.25. The quantitative estimate of drug-likeness (QED) is 0.418. The first-order valence-corrected chi connectivity index (χ1v) is 11.8. The summed E-state index contributed by atoms with van der Waals surface area (Å²) in [5.74, 6) is -5.35. The number of nitrogens with zero attached hydrogens (tertiary/aromatic N) is 1. The van der Waals surface area contributed by atoms with E-state index in [2.05, 4.69) is 20.5 Å². The van der Waals surface area contributed by atoms with E-state index in [1.807, 2.05) is 37.3 Å². The van der Waals surface area contributed by atoms with Gasteiger partial charge in [0.1, 0.15) is 12.4 Å². The number of alkyl halides is 3. The first-order valence-electron chi connectivity index (χ1n) is 11.8. The molecule has 0 radical (unpaired) electrons. The van der Waals surface area contributed by atoms with Crippen LogP contribution in [0.2, 0.25) is 0 Å². The molecule has 0 spiro atoms. The molecule has 0 aliphatic carbocycles. The lowest BCUT2D eigenvalue weighted by molar-refractivity contribution is -0.208. The van der Waals surface area contributed by atoms with Gasteiger partial charge in [0.25, 0.3) is 5.91 Å². The van der Waals surface area contributed by atoms with Crippen LogP contribution in [0.1, 0.15) is 17.7 Å². The van der Waals surface area contributed by atoms with Gasteiger partial charge < -0.3 is 20.2 Å². The van der Waals surface area contributed by atoms with E-state index >= 15 is 0 Å². The molecule has 3 aromatic rings. The van der Waals surface area contributed by atoms with Gasteiger partial charge in [-0.1, -0.05) is 18.2 Å². The van der Waals surface area contributed by atoms with Crippen molar-refractivity contribution in [1.29, 1.82) is 0 Å². The second-order valence-electron chi connectivity index (χ2n) is 8.80. The third kappa shape index (κ3) is 6.57. The fourth-order valence-corrected chi connectivity index (χ4v) is 4.22. The van der Waals surface area contributed by atoms with Gasteiger partial charge in [-0.25, -0.2) is 4.79 Å². The van der Waals surface area contributed by atoms with E-state index in [0.717, 1.165) is 22.2 Å². The molecule has 4 rings (SSSR count). The van der Waals surface area contributed by atoms with Crippen LogP contribution < -0.4 is 20.9 Å². The molecule has 2 atom stereocenters. The number of piperidine rings is 1. The van der Waals surface area contributed by atoms with Gasteiger partial charge in [-0.2, -0.15) is 18.7 Å². The van der Waals surface area contributed by atoms with Crippen molar-refractivity contribution in [2.45, 2.75) is 26.1 Å². The summed E-state index contributed by atoms with van der Waals surface area (Å²) in [4.78, 5) is 44.4. The van der Waals surface area contributed by atoms with Gasteiger partial charge in [-0.3, -0.25) is 14.6 Å². The zero-order valence-electron chi connectivity index (χ0n) is 20.3.